The molecule has 0 fully saturated rings. The maximum Gasteiger partial charge on any atom is 0.337 e. The van der Waals surface area contributed by atoms with E-state index in [0.717, 1.165) is 19.5 Å². The molecule has 3 rings (SSSR count). The van der Waals surface area contributed by atoms with E-state index in [2.05, 4.69) is 23.3 Å². The summed E-state index contributed by atoms with van der Waals surface area (Å²) in [7, 11) is 1.41. The molecule has 0 saturated heterocycles. The molecule has 1 aromatic heterocycles. The van der Waals surface area contributed by atoms with Crippen LogP contribution < -0.4 is 0 Å². The van der Waals surface area contributed by atoms with Crippen molar-refractivity contribution < 1.29 is 9.53 Å². The van der Waals surface area contributed by atoms with Gasteiger partial charge < -0.3 is 4.74 Å². The van der Waals surface area contributed by atoms with Crippen LogP contribution >= 0.6 is 11.3 Å². The van der Waals surface area contributed by atoms with Gasteiger partial charge in [-0.1, -0.05) is 12.1 Å². The van der Waals surface area contributed by atoms with Gasteiger partial charge in [0.15, 0.2) is 0 Å². The average molecular weight is 301 g/mol. The van der Waals surface area contributed by atoms with Gasteiger partial charge in [0.1, 0.15) is 0 Å². The molecule has 2 heterocycles. The second kappa shape index (κ2) is 6.00. The van der Waals surface area contributed by atoms with Crippen LogP contribution in [0.3, 0.4) is 0 Å². The molecule has 1 unspecified atom stereocenters. The van der Waals surface area contributed by atoms with Crippen molar-refractivity contribution in [2.45, 2.75) is 25.9 Å². The molecule has 0 bridgehead atoms. The Labute approximate surface area is 129 Å². The fourth-order valence-corrected chi connectivity index (χ4v) is 3.84. The van der Waals surface area contributed by atoms with Gasteiger partial charge in [-0.15, -0.1) is 11.3 Å². The van der Waals surface area contributed by atoms with Crippen molar-refractivity contribution in [1.82, 2.24) is 4.90 Å². The first-order valence-electron chi connectivity index (χ1n) is 7.16. The summed E-state index contributed by atoms with van der Waals surface area (Å²) in [4.78, 5) is 15.5. The molecule has 4 heteroatoms. The number of methoxy groups -OCH3 is 1. The number of hydrogen-bond donors (Lipinski definition) is 0. The molecule has 21 heavy (non-hydrogen) atoms. The first-order valence-corrected chi connectivity index (χ1v) is 8.04. The Kier molecular flexibility index (Phi) is 4.08. The van der Waals surface area contributed by atoms with Gasteiger partial charge in [0, 0.05) is 24.0 Å². The zero-order valence-electron chi connectivity index (χ0n) is 12.3. The molecule has 1 aliphatic rings. The molecular formula is C17H19NO2S. The van der Waals surface area contributed by atoms with Gasteiger partial charge >= 0.3 is 5.97 Å². The lowest BCUT2D eigenvalue weighted by Gasteiger charge is -2.33. The first kappa shape index (κ1) is 14.3. The van der Waals surface area contributed by atoms with Gasteiger partial charge in [-0.2, -0.15) is 0 Å². The van der Waals surface area contributed by atoms with Crippen LogP contribution in [-0.2, 0) is 17.7 Å². The molecule has 0 amide bonds. The zero-order valence-corrected chi connectivity index (χ0v) is 13.2. The van der Waals surface area contributed by atoms with Crippen molar-refractivity contribution in [3.05, 3.63) is 57.3 Å². The van der Waals surface area contributed by atoms with Gasteiger partial charge in [-0.25, -0.2) is 4.79 Å². The van der Waals surface area contributed by atoms with Crippen LogP contribution in [0.2, 0.25) is 0 Å². The molecule has 0 aliphatic carbocycles. The quantitative estimate of drug-likeness (QED) is 0.810. The predicted octanol–water partition coefficient (Wildman–Crippen LogP) is 3.65. The number of nitrogens with zero attached hydrogens (tertiary/aromatic N) is 1. The molecule has 3 nitrogen and oxygen atoms in total. The summed E-state index contributed by atoms with van der Waals surface area (Å²) in [5.74, 6) is -0.282. The van der Waals surface area contributed by atoms with Gasteiger partial charge in [-0.05, 0) is 48.1 Å². The van der Waals surface area contributed by atoms with Crippen LogP contribution in [0.5, 0.6) is 0 Å². The fraction of sp³-hybridized carbons (Fsp3) is 0.353. The average Bonchev–Trinajstić information content (AvgIpc) is 2.99. The SMILES string of the molecule is COC(=O)c1ccc(CN2CCc3sccc3C2C)cc1. The highest BCUT2D eigenvalue weighted by atomic mass is 32.1. The molecule has 1 aliphatic heterocycles. The monoisotopic (exact) mass is 301 g/mol. The lowest BCUT2D eigenvalue weighted by Crippen LogP contribution is -2.32. The fourth-order valence-electron chi connectivity index (χ4n) is 2.88. The Balaban J connectivity index is 1.71. The number of thiophene rings is 1. The Hall–Kier alpha value is -1.65. The van der Waals surface area contributed by atoms with E-state index in [1.54, 1.807) is 0 Å². The lowest BCUT2D eigenvalue weighted by atomic mass is 10.0. The summed E-state index contributed by atoms with van der Waals surface area (Å²) in [5, 5.41) is 2.19. The number of fused-ring (bicyclic) bond motifs is 1. The zero-order chi connectivity index (χ0) is 14.8. The second-order valence-electron chi connectivity index (χ2n) is 5.38. The van der Waals surface area contributed by atoms with E-state index in [1.807, 2.05) is 35.6 Å². The minimum Gasteiger partial charge on any atom is -0.465 e. The molecule has 0 spiro atoms. The van der Waals surface area contributed by atoms with Gasteiger partial charge in [0.05, 0.1) is 12.7 Å². The summed E-state index contributed by atoms with van der Waals surface area (Å²) < 4.78 is 4.73. The first-order chi connectivity index (χ1) is 10.2. The largest absolute Gasteiger partial charge is 0.465 e. The minimum atomic E-state index is -0.282. The van der Waals surface area contributed by atoms with Gasteiger partial charge in [-0.3, -0.25) is 4.90 Å². The van der Waals surface area contributed by atoms with E-state index in [4.69, 9.17) is 4.74 Å². The summed E-state index contributed by atoms with van der Waals surface area (Å²) in [5.41, 5.74) is 3.30. The predicted molar refractivity (Wildman–Crippen MR) is 84.6 cm³/mol. The van der Waals surface area contributed by atoms with Crippen molar-refractivity contribution in [3.8, 4) is 0 Å². The molecule has 1 atom stereocenters. The summed E-state index contributed by atoms with van der Waals surface area (Å²) in [6.45, 7) is 4.28. The third-order valence-corrected chi connectivity index (χ3v) is 5.16. The number of esters is 1. The van der Waals surface area contributed by atoms with Crippen LogP contribution in [-0.4, -0.2) is 24.5 Å². The van der Waals surface area contributed by atoms with Crippen molar-refractivity contribution in [1.29, 1.82) is 0 Å². The highest BCUT2D eigenvalue weighted by molar-refractivity contribution is 7.10. The Bertz CT molecular complexity index is 632. The molecule has 1 aromatic carbocycles. The smallest absolute Gasteiger partial charge is 0.337 e. The second-order valence-corrected chi connectivity index (χ2v) is 6.38. The Morgan fingerprint density at radius 2 is 2.10 bits per heavy atom. The topological polar surface area (TPSA) is 29.5 Å². The van der Waals surface area contributed by atoms with E-state index >= 15 is 0 Å². The third-order valence-electron chi connectivity index (χ3n) is 4.16. The number of hydrogen-bond acceptors (Lipinski definition) is 4. The maximum absolute atomic E-state index is 11.4. The highest BCUT2D eigenvalue weighted by Gasteiger charge is 2.24. The van der Waals surface area contributed by atoms with Crippen LogP contribution in [0.15, 0.2) is 35.7 Å². The highest BCUT2D eigenvalue weighted by Crippen LogP contribution is 2.33. The minimum absolute atomic E-state index is 0.282. The van der Waals surface area contributed by atoms with Crippen LogP contribution in [0.4, 0.5) is 0 Å². The maximum atomic E-state index is 11.4. The summed E-state index contributed by atoms with van der Waals surface area (Å²) >= 11 is 1.87. The van der Waals surface area contributed by atoms with Crippen LogP contribution in [0, 0.1) is 0 Å². The van der Waals surface area contributed by atoms with Gasteiger partial charge in [0.25, 0.3) is 0 Å². The van der Waals surface area contributed by atoms with Crippen molar-refractivity contribution >= 4 is 17.3 Å². The third kappa shape index (κ3) is 2.87. The van der Waals surface area contributed by atoms with Gasteiger partial charge in [0.2, 0.25) is 0 Å². The van der Waals surface area contributed by atoms with E-state index in [-0.39, 0.29) is 5.97 Å². The molecule has 0 N–H and O–H groups in total. The molecular weight excluding hydrogens is 282 g/mol. The summed E-state index contributed by atoms with van der Waals surface area (Å²) in [6, 6.07) is 10.4. The molecule has 0 saturated carbocycles. The number of benzene rings is 1. The van der Waals surface area contributed by atoms with E-state index in [9.17, 15) is 4.79 Å². The van der Waals surface area contributed by atoms with Crippen molar-refractivity contribution in [2.75, 3.05) is 13.7 Å². The van der Waals surface area contributed by atoms with E-state index in [0.29, 0.717) is 11.6 Å². The van der Waals surface area contributed by atoms with Crippen molar-refractivity contribution in [2.24, 2.45) is 0 Å². The number of carbonyl (C=O) groups excluding carboxylic acids is 1. The van der Waals surface area contributed by atoms with Crippen LogP contribution in [0.25, 0.3) is 0 Å². The summed E-state index contributed by atoms with van der Waals surface area (Å²) in [6.07, 6.45) is 1.14. The normalized spacial score (nSPS) is 18.3. The van der Waals surface area contributed by atoms with E-state index < -0.39 is 0 Å². The molecule has 0 radical (unpaired) electrons. The molecule has 110 valence electrons. The number of carbonyl (C=O) groups is 1. The number of ether oxygens (including phenoxy) is 1. The Morgan fingerprint density at radius 1 is 1.33 bits per heavy atom. The standard InChI is InChI=1S/C17H19NO2S/c1-12-15-8-10-21-16(15)7-9-18(12)11-13-3-5-14(6-4-13)17(19)20-2/h3-6,8,10,12H,7,9,11H2,1-2H3. The molecule has 2 aromatic rings. The van der Waals surface area contributed by atoms with E-state index in [1.165, 1.54) is 23.1 Å². The van der Waals surface area contributed by atoms with Crippen LogP contribution in [0.1, 0.15) is 39.3 Å². The number of rotatable bonds is 3. The Morgan fingerprint density at radius 3 is 2.81 bits per heavy atom. The lowest BCUT2D eigenvalue weighted by molar-refractivity contribution is 0.0600. The van der Waals surface area contributed by atoms with Crippen molar-refractivity contribution in [3.63, 3.8) is 0 Å².